The Balaban J connectivity index is 2.06. The summed E-state index contributed by atoms with van der Waals surface area (Å²) in [6.07, 6.45) is 1.08. The lowest BCUT2D eigenvalue weighted by atomic mass is 10.1. The molecule has 0 aliphatic carbocycles. The first-order chi connectivity index (χ1) is 7.74. The van der Waals surface area contributed by atoms with E-state index in [1.165, 1.54) is 4.88 Å². The van der Waals surface area contributed by atoms with Crippen molar-refractivity contribution in [1.29, 1.82) is 0 Å². The number of nitrogens with zero attached hydrogens (tertiary/aromatic N) is 1. The first-order valence-corrected chi connectivity index (χ1v) is 7.15. The fourth-order valence-electron chi connectivity index (χ4n) is 2.25. The summed E-state index contributed by atoms with van der Waals surface area (Å²) in [5.74, 6) is 0.428. The molecule has 0 amide bonds. The summed E-state index contributed by atoms with van der Waals surface area (Å²) >= 11 is 5.23. The maximum Gasteiger partial charge on any atom is 0.0702 e. The molecule has 0 bridgehead atoms. The van der Waals surface area contributed by atoms with Crippen LogP contribution in [-0.2, 0) is 0 Å². The molecule has 1 aromatic heterocycles. The van der Waals surface area contributed by atoms with Gasteiger partial charge in [0.15, 0.2) is 0 Å². The molecule has 2 atom stereocenters. The van der Waals surface area contributed by atoms with E-state index in [4.69, 9.17) is 10.8 Å². The summed E-state index contributed by atoms with van der Waals surface area (Å²) in [7, 11) is 0. The lowest BCUT2D eigenvalue weighted by Crippen LogP contribution is -2.31. The Labute approximate surface area is 108 Å². The van der Waals surface area contributed by atoms with Gasteiger partial charge in [-0.1, -0.05) is 0 Å². The fourth-order valence-corrected chi connectivity index (χ4v) is 3.82. The third-order valence-corrected chi connectivity index (χ3v) is 4.89. The average molecular weight is 305 g/mol. The van der Waals surface area contributed by atoms with Crippen molar-refractivity contribution in [3.8, 4) is 0 Å². The number of aliphatic hydroxyl groups excluding tert-OH is 1. The summed E-state index contributed by atoms with van der Waals surface area (Å²) < 4.78 is 1.15. The van der Waals surface area contributed by atoms with E-state index >= 15 is 0 Å². The molecule has 2 heterocycles. The number of aliphatic hydroxyl groups is 1. The standard InChI is InChI=1S/C11H17BrN2OS/c12-11-2-1-10(16-11)9(5-13)14-4-3-8(6-14)7-15/h1-2,8-9,15H,3-7,13H2. The first-order valence-electron chi connectivity index (χ1n) is 5.54. The second kappa shape index (κ2) is 5.60. The van der Waals surface area contributed by atoms with E-state index in [0.29, 0.717) is 25.1 Å². The maximum absolute atomic E-state index is 9.15. The normalized spacial score (nSPS) is 23.8. The minimum atomic E-state index is 0.294. The smallest absolute Gasteiger partial charge is 0.0702 e. The molecule has 3 N–H and O–H groups in total. The van der Waals surface area contributed by atoms with E-state index in [2.05, 4.69) is 33.0 Å². The van der Waals surface area contributed by atoms with Gasteiger partial charge < -0.3 is 10.8 Å². The number of hydrogen-bond donors (Lipinski definition) is 2. The van der Waals surface area contributed by atoms with E-state index in [1.54, 1.807) is 11.3 Å². The predicted octanol–water partition coefficient (Wildman–Crippen LogP) is 1.82. The molecular weight excluding hydrogens is 288 g/mol. The second-order valence-electron chi connectivity index (χ2n) is 4.23. The van der Waals surface area contributed by atoms with Crippen molar-refractivity contribution in [3.05, 3.63) is 20.8 Å². The molecule has 5 heteroatoms. The van der Waals surface area contributed by atoms with Gasteiger partial charge in [-0.25, -0.2) is 0 Å². The minimum Gasteiger partial charge on any atom is -0.396 e. The molecule has 0 spiro atoms. The van der Waals surface area contributed by atoms with Gasteiger partial charge in [0.25, 0.3) is 0 Å². The molecular formula is C11H17BrN2OS. The monoisotopic (exact) mass is 304 g/mol. The average Bonchev–Trinajstić information content (AvgIpc) is 2.89. The van der Waals surface area contributed by atoms with Gasteiger partial charge in [-0.2, -0.15) is 0 Å². The molecule has 1 aliphatic rings. The number of likely N-dealkylation sites (tertiary alicyclic amines) is 1. The SMILES string of the molecule is NCC(c1ccc(Br)s1)N1CCC(CO)C1. The van der Waals surface area contributed by atoms with Crippen LogP contribution in [0.15, 0.2) is 15.9 Å². The van der Waals surface area contributed by atoms with Gasteiger partial charge in [0, 0.05) is 24.6 Å². The molecule has 16 heavy (non-hydrogen) atoms. The van der Waals surface area contributed by atoms with Crippen LogP contribution in [0.4, 0.5) is 0 Å². The van der Waals surface area contributed by atoms with E-state index in [-0.39, 0.29) is 0 Å². The van der Waals surface area contributed by atoms with Gasteiger partial charge in [-0.05, 0) is 46.9 Å². The highest BCUT2D eigenvalue weighted by Gasteiger charge is 2.28. The van der Waals surface area contributed by atoms with Crippen molar-refractivity contribution in [2.24, 2.45) is 11.7 Å². The van der Waals surface area contributed by atoms with E-state index in [9.17, 15) is 0 Å². The minimum absolute atomic E-state index is 0.294. The van der Waals surface area contributed by atoms with Gasteiger partial charge in [0.05, 0.1) is 9.83 Å². The quantitative estimate of drug-likeness (QED) is 0.892. The van der Waals surface area contributed by atoms with Crippen molar-refractivity contribution in [3.63, 3.8) is 0 Å². The topological polar surface area (TPSA) is 49.5 Å². The van der Waals surface area contributed by atoms with Gasteiger partial charge in [0.1, 0.15) is 0 Å². The summed E-state index contributed by atoms with van der Waals surface area (Å²) in [5.41, 5.74) is 5.87. The zero-order valence-corrected chi connectivity index (χ0v) is 11.5. The molecule has 1 aliphatic heterocycles. The summed E-state index contributed by atoms with van der Waals surface area (Å²) in [5, 5.41) is 9.15. The van der Waals surface area contributed by atoms with E-state index in [0.717, 1.165) is 23.3 Å². The number of halogens is 1. The number of thiophene rings is 1. The number of hydrogen-bond acceptors (Lipinski definition) is 4. The molecule has 90 valence electrons. The molecule has 1 aromatic rings. The summed E-state index contributed by atoms with van der Waals surface area (Å²) in [6.45, 7) is 2.95. The zero-order valence-electron chi connectivity index (χ0n) is 9.10. The van der Waals surface area contributed by atoms with Gasteiger partial charge in [-0.15, -0.1) is 11.3 Å². The van der Waals surface area contributed by atoms with Crippen LogP contribution in [0.25, 0.3) is 0 Å². The Hall–Kier alpha value is 0.0600. The van der Waals surface area contributed by atoms with Crippen LogP contribution < -0.4 is 5.73 Å². The van der Waals surface area contributed by atoms with E-state index in [1.807, 2.05) is 0 Å². The Morgan fingerprint density at radius 2 is 2.44 bits per heavy atom. The highest BCUT2D eigenvalue weighted by atomic mass is 79.9. The Bertz CT molecular complexity index is 344. The maximum atomic E-state index is 9.15. The third kappa shape index (κ3) is 2.65. The highest BCUT2D eigenvalue weighted by molar-refractivity contribution is 9.11. The van der Waals surface area contributed by atoms with Crippen LogP contribution in [-0.4, -0.2) is 36.2 Å². The third-order valence-electron chi connectivity index (χ3n) is 3.16. The molecule has 3 nitrogen and oxygen atoms in total. The fraction of sp³-hybridized carbons (Fsp3) is 0.636. The first kappa shape index (κ1) is 12.5. The molecule has 0 radical (unpaired) electrons. The van der Waals surface area contributed by atoms with Crippen LogP contribution in [0.2, 0.25) is 0 Å². The van der Waals surface area contributed by atoms with Crippen LogP contribution in [0.5, 0.6) is 0 Å². The lowest BCUT2D eigenvalue weighted by molar-refractivity contribution is 0.202. The van der Waals surface area contributed by atoms with E-state index < -0.39 is 0 Å². The van der Waals surface area contributed by atoms with Crippen LogP contribution >= 0.6 is 27.3 Å². The highest BCUT2D eigenvalue weighted by Crippen LogP contribution is 2.33. The summed E-state index contributed by atoms with van der Waals surface area (Å²) in [6, 6.07) is 4.52. The Kier molecular flexibility index (Phi) is 4.38. The molecule has 1 fully saturated rings. The lowest BCUT2D eigenvalue weighted by Gasteiger charge is -2.25. The van der Waals surface area contributed by atoms with Crippen molar-refractivity contribution < 1.29 is 5.11 Å². The largest absolute Gasteiger partial charge is 0.396 e. The predicted molar refractivity (Wildman–Crippen MR) is 70.6 cm³/mol. The molecule has 0 saturated carbocycles. The molecule has 0 aromatic carbocycles. The number of nitrogens with two attached hydrogens (primary N) is 1. The number of rotatable bonds is 4. The second-order valence-corrected chi connectivity index (χ2v) is 6.72. The van der Waals surface area contributed by atoms with Crippen LogP contribution in [0, 0.1) is 5.92 Å². The zero-order chi connectivity index (χ0) is 11.5. The molecule has 2 unspecified atom stereocenters. The Morgan fingerprint density at radius 3 is 2.94 bits per heavy atom. The van der Waals surface area contributed by atoms with Crippen LogP contribution in [0.3, 0.4) is 0 Å². The van der Waals surface area contributed by atoms with Crippen molar-refractivity contribution >= 4 is 27.3 Å². The van der Waals surface area contributed by atoms with Crippen molar-refractivity contribution in [1.82, 2.24) is 4.90 Å². The summed E-state index contributed by atoms with van der Waals surface area (Å²) in [4.78, 5) is 3.70. The van der Waals surface area contributed by atoms with Crippen LogP contribution in [0.1, 0.15) is 17.3 Å². The van der Waals surface area contributed by atoms with Gasteiger partial charge >= 0.3 is 0 Å². The Morgan fingerprint density at radius 1 is 1.62 bits per heavy atom. The molecule has 1 saturated heterocycles. The van der Waals surface area contributed by atoms with Crippen molar-refractivity contribution in [2.45, 2.75) is 12.5 Å². The van der Waals surface area contributed by atoms with Crippen molar-refractivity contribution in [2.75, 3.05) is 26.2 Å². The van der Waals surface area contributed by atoms with Gasteiger partial charge in [-0.3, -0.25) is 4.90 Å². The molecule has 2 rings (SSSR count). The van der Waals surface area contributed by atoms with Gasteiger partial charge in [0.2, 0.25) is 0 Å².